The van der Waals surface area contributed by atoms with Crippen molar-refractivity contribution < 1.29 is 9.13 Å². The zero-order chi connectivity index (χ0) is 14.5. The summed E-state index contributed by atoms with van der Waals surface area (Å²) >= 11 is 0. The molecule has 2 aromatic carbocycles. The number of nitrogens with two attached hydrogens (primary N) is 1. The third-order valence-corrected chi connectivity index (χ3v) is 3.27. The second-order valence-corrected chi connectivity index (χ2v) is 5.05. The van der Waals surface area contributed by atoms with Crippen LogP contribution in [-0.2, 0) is 6.42 Å². The second kappa shape index (κ2) is 6.53. The van der Waals surface area contributed by atoms with Crippen LogP contribution in [0.3, 0.4) is 0 Å². The van der Waals surface area contributed by atoms with E-state index >= 15 is 0 Å². The Hall–Kier alpha value is -1.87. The Bertz CT molecular complexity index is 566. The number of hydrogen-bond acceptors (Lipinski definition) is 2. The van der Waals surface area contributed by atoms with Gasteiger partial charge in [0.25, 0.3) is 0 Å². The number of halogens is 1. The number of hydrogen-bond donors (Lipinski definition) is 1. The van der Waals surface area contributed by atoms with Crippen LogP contribution in [0, 0.1) is 12.7 Å². The molecule has 0 spiro atoms. The lowest BCUT2D eigenvalue weighted by molar-refractivity contribution is 0.441. The Balaban J connectivity index is 2.11. The van der Waals surface area contributed by atoms with Crippen molar-refractivity contribution in [2.24, 2.45) is 5.73 Å². The predicted molar refractivity (Wildman–Crippen MR) is 79.6 cm³/mol. The molecule has 0 aliphatic carbocycles. The molecule has 2 nitrogen and oxygen atoms in total. The molecule has 1 unspecified atom stereocenters. The van der Waals surface area contributed by atoms with Gasteiger partial charge in [-0.05, 0) is 49.6 Å². The molecule has 0 saturated heterocycles. The Morgan fingerprint density at radius 2 is 1.85 bits per heavy atom. The number of aryl methyl sites for hydroxylation is 1. The summed E-state index contributed by atoms with van der Waals surface area (Å²) in [6.45, 7) is 4.02. The van der Waals surface area contributed by atoms with Crippen LogP contribution in [0.4, 0.5) is 4.39 Å². The van der Waals surface area contributed by atoms with Crippen molar-refractivity contribution in [1.29, 1.82) is 0 Å². The lowest BCUT2D eigenvalue weighted by Gasteiger charge is -2.11. The fraction of sp³-hybridized carbons (Fsp3) is 0.294. The van der Waals surface area contributed by atoms with Gasteiger partial charge in [-0.1, -0.05) is 30.7 Å². The molecule has 3 heteroatoms. The van der Waals surface area contributed by atoms with Crippen LogP contribution in [-0.4, -0.2) is 6.04 Å². The van der Waals surface area contributed by atoms with E-state index in [4.69, 9.17) is 10.5 Å². The van der Waals surface area contributed by atoms with E-state index in [1.54, 1.807) is 6.07 Å². The molecule has 0 aromatic heterocycles. The van der Waals surface area contributed by atoms with E-state index in [0.29, 0.717) is 12.2 Å². The monoisotopic (exact) mass is 273 g/mol. The van der Waals surface area contributed by atoms with Crippen molar-refractivity contribution in [3.8, 4) is 11.5 Å². The molecule has 2 N–H and O–H groups in total. The minimum absolute atomic E-state index is 0.0678. The minimum Gasteiger partial charge on any atom is -0.454 e. The molecule has 0 bridgehead atoms. The zero-order valence-electron chi connectivity index (χ0n) is 11.9. The highest BCUT2D eigenvalue weighted by molar-refractivity contribution is 5.35. The third kappa shape index (κ3) is 3.81. The quantitative estimate of drug-likeness (QED) is 0.885. The maximum absolute atomic E-state index is 14.0. The Kier molecular flexibility index (Phi) is 4.74. The van der Waals surface area contributed by atoms with E-state index in [9.17, 15) is 4.39 Å². The summed E-state index contributed by atoms with van der Waals surface area (Å²) in [5, 5.41) is 0. The van der Waals surface area contributed by atoms with E-state index in [2.05, 4.69) is 0 Å². The molecule has 0 fully saturated rings. The number of ether oxygens (including phenoxy) is 1. The van der Waals surface area contributed by atoms with Crippen molar-refractivity contribution >= 4 is 0 Å². The average molecular weight is 273 g/mol. The lowest BCUT2D eigenvalue weighted by atomic mass is 10.0. The first kappa shape index (κ1) is 14.5. The van der Waals surface area contributed by atoms with Gasteiger partial charge in [0.2, 0.25) is 0 Å². The van der Waals surface area contributed by atoms with Crippen molar-refractivity contribution in [1.82, 2.24) is 0 Å². The topological polar surface area (TPSA) is 35.2 Å². The zero-order valence-corrected chi connectivity index (χ0v) is 11.9. The lowest BCUT2D eigenvalue weighted by Crippen LogP contribution is -2.21. The number of rotatable bonds is 5. The molecule has 0 aliphatic heterocycles. The van der Waals surface area contributed by atoms with Gasteiger partial charge in [0.15, 0.2) is 11.6 Å². The normalized spacial score (nSPS) is 12.2. The standard InChI is InChI=1S/C17H20FNO/c1-3-14(19)10-13-6-9-17(16(18)11-13)20-15-7-4-12(2)5-8-15/h4-9,11,14H,3,10,19H2,1-2H3. The van der Waals surface area contributed by atoms with Crippen molar-refractivity contribution in [2.45, 2.75) is 32.7 Å². The summed E-state index contributed by atoms with van der Waals surface area (Å²) in [5.41, 5.74) is 7.91. The highest BCUT2D eigenvalue weighted by Crippen LogP contribution is 2.25. The summed E-state index contributed by atoms with van der Waals surface area (Å²) in [6, 6.07) is 12.6. The minimum atomic E-state index is -0.355. The molecule has 0 heterocycles. The van der Waals surface area contributed by atoms with E-state index < -0.39 is 0 Å². The van der Waals surface area contributed by atoms with Crippen LogP contribution < -0.4 is 10.5 Å². The first-order valence-electron chi connectivity index (χ1n) is 6.87. The Labute approximate surface area is 119 Å². The van der Waals surface area contributed by atoms with Crippen molar-refractivity contribution in [3.05, 3.63) is 59.4 Å². The SMILES string of the molecule is CCC(N)Cc1ccc(Oc2ccc(C)cc2)c(F)c1. The second-order valence-electron chi connectivity index (χ2n) is 5.05. The van der Waals surface area contributed by atoms with Gasteiger partial charge >= 0.3 is 0 Å². The molecular formula is C17H20FNO. The van der Waals surface area contributed by atoms with Gasteiger partial charge in [-0.25, -0.2) is 4.39 Å². The maximum atomic E-state index is 14.0. The first-order chi connectivity index (χ1) is 9.58. The summed E-state index contributed by atoms with van der Waals surface area (Å²) in [5.74, 6) is 0.515. The molecular weight excluding hydrogens is 253 g/mol. The molecule has 0 radical (unpaired) electrons. The summed E-state index contributed by atoms with van der Waals surface area (Å²) in [6.07, 6.45) is 1.56. The van der Waals surface area contributed by atoms with Crippen LogP contribution >= 0.6 is 0 Å². The summed E-state index contributed by atoms with van der Waals surface area (Å²) in [7, 11) is 0. The molecule has 0 saturated carbocycles. The number of benzene rings is 2. The van der Waals surface area contributed by atoms with Gasteiger partial charge < -0.3 is 10.5 Å². The fourth-order valence-electron chi connectivity index (χ4n) is 1.93. The van der Waals surface area contributed by atoms with Gasteiger partial charge in [-0.2, -0.15) is 0 Å². The van der Waals surface area contributed by atoms with Gasteiger partial charge in [0.05, 0.1) is 0 Å². The van der Waals surface area contributed by atoms with E-state index in [0.717, 1.165) is 17.5 Å². The molecule has 106 valence electrons. The highest BCUT2D eigenvalue weighted by atomic mass is 19.1. The Morgan fingerprint density at radius 1 is 1.15 bits per heavy atom. The smallest absolute Gasteiger partial charge is 0.165 e. The van der Waals surface area contributed by atoms with Crippen molar-refractivity contribution in [2.75, 3.05) is 0 Å². The van der Waals surface area contributed by atoms with Crippen LogP contribution in [0.2, 0.25) is 0 Å². The highest BCUT2D eigenvalue weighted by Gasteiger charge is 2.08. The van der Waals surface area contributed by atoms with Gasteiger partial charge in [0.1, 0.15) is 5.75 Å². The summed E-state index contributed by atoms with van der Waals surface area (Å²) in [4.78, 5) is 0. The maximum Gasteiger partial charge on any atom is 0.165 e. The van der Waals surface area contributed by atoms with Crippen LogP contribution in [0.25, 0.3) is 0 Å². The Morgan fingerprint density at radius 3 is 2.45 bits per heavy atom. The van der Waals surface area contributed by atoms with Crippen molar-refractivity contribution in [3.63, 3.8) is 0 Å². The molecule has 2 aromatic rings. The van der Waals surface area contributed by atoms with Gasteiger partial charge in [0, 0.05) is 6.04 Å². The first-order valence-corrected chi connectivity index (χ1v) is 6.87. The van der Waals surface area contributed by atoms with Crippen LogP contribution in [0.1, 0.15) is 24.5 Å². The van der Waals surface area contributed by atoms with E-state index in [1.165, 1.54) is 6.07 Å². The molecule has 0 aliphatic rings. The van der Waals surface area contributed by atoms with E-state index in [-0.39, 0.29) is 17.6 Å². The molecule has 1 atom stereocenters. The van der Waals surface area contributed by atoms with Gasteiger partial charge in [-0.15, -0.1) is 0 Å². The predicted octanol–water partition coefficient (Wildman–Crippen LogP) is 4.21. The van der Waals surface area contributed by atoms with Crippen LogP contribution in [0.5, 0.6) is 11.5 Å². The molecule has 20 heavy (non-hydrogen) atoms. The summed E-state index contributed by atoms with van der Waals surface area (Å²) < 4.78 is 19.5. The van der Waals surface area contributed by atoms with Gasteiger partial charge in [-0.3, -0.25) is 0 Å². The fourth-order valence-corrected chi connectivity index (χ4v) is 1.93. The average Bonchev–Trinajstić information content (AvgIpc) is 2.44. The molecule has 0 amide bonds. The third-order valence-electron chi connectivity index (χ3n) is 3.27. The largest absolute Gasteiger partial charge is 0.454 e. The van der Waals surface area contributed by atoms with Crippen LogP contribution in [0.15, 0.2) is 42.5 Å². The molecule has 2 rings (SSSR count). The van der Waals surface area contributed by atoms with E-state index in [1.807, 2.05) is 44.2 Å².